The molecule has 194 valence electrons. The molecule has 3 aromatic carbocycles. The summed E-state index contributed by atoms with van der Waals surface area (Å²) in [7, 11) is 1.42. The number of rotatable bonds is 8. The molecule has 38 heavy (non-hydrogen) atoms. The second kappa shape index (κ2) is 10.3. The van der Waals surface area contributed by atoms with E-state index in [2.05, 4.69) is 4.98 Å². The van der Waals surface area contributed by atoms with Crippen LogP contribution in [0.4, 0.5) is 0 Å². The van der Waals surface area contributed by atoms with E-state index in [0.717, 1.165) is 16.5 Å². The number of nitrogens with zero attached hydrogens (tertiary/aromatic N) is 1. The summed E-state index contributed by atoms with van der Waals surface area (Å²) in [5, 5.41) is 22.5. The van der Waals surface area contributed by atoms with Crippen molar-refractivity contribution in [2.45, 2.75) is 19.4 Å². The minimum Gasteiger partial charge on any atom is -0.507 e. The van der Waals surface area contributed by atoms with Crippen LogP contribution in [0, 0.1) is 0 Å². The molecule has 0 saturated carbocycles. The number of fused-ring (bicyclic) bond motifs is 1. The highest BCUT2D eigenvalue weighted by molar-refractivity contribution is 6.46. The Labute approximate surface area is 219 Å². The molecular weight excluding hydrogens is 484 g/mol. The van der Waals surface area contributed by atoms with Gasteiger partial charge in [-0.2, -0.15) is 0 Å². The average Bonchev–Trinajstić information content (AvgIpc) is 3.46. The topological polar surface area (TPSA) is 112 Å². The van der Waals surface area contributed by atoms with Gasteiger partial charge in [0.05, 0.1) is 25.3 Å². The maximum atomic E-state index is 13.4. The van der Waals surface area contributed by atoms with Gasteiger partial charge in [0.25, 0.3) is 11.7 Å². The van der Waals surface area contributed by atoms with Crippen molar-refractivity contribution < 1.29 is 29.3 Å². The molecule has 1 aliphatic rings. The molecule has 2 heterocycles. The predicted molar refractivity (Wildman–Crippen MR) is 143 cm³/mol. The Hall–Kier alpha value is -4.72. The molecule has 1 saturated heterocycles. The minimum absolute atomic E-state index is 0.0224. The van der Waals surface area contributed by atoms with Crippen LogP contribution in [-0.2, 0) is 16.0 Å². The van der Waals surface area contributed by atoms with Crippen molar-refractivity contribution in [1.82, 2.24) is 9.88 Å². The quantitative estimate of drug-likeness (QED) is 0.175. The van der Waals surface area contributed by atoms with Gasteiger partial charge < -0.3 is 29.6 Å². The number of ketones is 1. The molecule has 8 nitrogen and oxygen atoms in total. The summed E-state index contributed by atoms with van der Waals surface area (Å²) in [5.41, 5.74) is 2.89. The van der Waals surface area contributed by atoms with Gasteiger partial charge in [-0.1, -0.05) is 24.3 Å². The molecule has 0 spiro atoms. The third-order valence-electron chi connectivity index (χ3n) is 6.80. The van der Waals surface area contributed by atoms with Gasteiger partial charge in [-0.15, -0.1) is 0 Å². The number of benzene rings is 3. The van der Waals surface area contributed by atoms with E-state index in [-0.39, 0.29) is 29.4 Å². The molecule has 0 unspecified atom stereocenters. The van der Waals surface area contributed by atoms with Gasteiger partial charge in [0.15, 0.2) is 11.5 Å². The summed E-state index contributed by atoms with van der Waals surface area (Å²) < 4.78 is 10.8. The Balaban J connectivity index is 1.57. The van der Waals surface area contributed by atoms with E-state index in [1.807, 2.05) is 37.4 Å². The van der Waals surface area contributed by atoms with Crippen molar-refractivity contribution in [2.75, 3.05) is 20.3 Å². The first-order valence-corrected chi connectivity index (χ1v) is 12.4. The van der Waals surface area contributed by atoms with Crippen LogP contribution in [0.1, 0.15) is 29.7 Å². The number of carbonyl (C=O) groups excluding carboxylic acids is 2. The van der Waals surface area contributed by atoms with Crippen molar-refractivity contribution in [3.05, 3.63) is 95.2 Å². The number of aromatic amines is 1. The number of ether oxygens (including phenoxy) is 2. The van der Waals surface area contributed by atoms with Crippen LogP contribution in [0.5, 0.6) is 17.2 Å². The number of carbonyl (C=O) groups is 2. The van der Waals surface area contributed by atoms with Crippen LogP contribution in [0.25, 0.3) is 16.7 Å². The molecule has 1 amide bonds. The van der Waals surface area contributed by atoms with Crippen molar-refractivity contribution in [2.24, 2.45) is 0 Å². The molecule has 4 aromatic rings. The number of H-pyrrole nitrogens is 1. The van der Waals surface area contributed by atoms with E-state index in [0.29, 0.717) is 29.9 Å². The highest BCUT2D eigenvalue weighted by atomic mass is 16.5. The van der Waals surface area contributed by atoms with Gasteiger partial charge in [-0.05, 0) is 66.9 Å². The minimum atomic E-state index is -0.874. The Kier molecular flexibility index (Phi) is 6.79. The lowest BCUT2D eigenvalue weighted by atomic mass is 9.94. The van der Waals surface area contributed by atoms with Gasteiger partial charge >= 0.3 is 0 Å². The molecule has 5 rings (SSSR count). The van der Waals surface area contributed by atoms with Gasteiger partial charge in [0.1, 0.15) is 11.5 Å². The van der Waals surface area contributed by atoms with Gasteiger partial charge in [-0.3, -0.25) is 9.59 Å². The Morgan fingerprint density at radius 1 is 1.05 bits per heavy atom. The number of nitrogens with one attached hydrogen (secondary N) is 1. The summed E-state index contributed by atoms with van der Waals surface area (Å²) in [5.74, 6) is -0.993. The van der Waals surface area contributed by atoms with E-state index in [1.165, 1.54) is 18.1 Å². The first kappa shape index (κ1) is 25.0. The fourth-order valence-electron chi connectivity index (χ4n) is 4.93. The maximum Gasteiger partial charge on any atom is 0.295 e. The largest absolute Gasteiger partial charge is 0.507 e. The number of Topliss-reactive ketones (excluding diaryl/α,β-unsaturated/α-hetero) is 1. The molecular formula is C30H28N2O6. The number of phenolic OH excluding ortho intramolecular Hbond substituents is 1. The summed E-state index contributed by atoms with van der Waals surface area (Å²) in [6.07, 6.45) is 2.39. The molecule has 0 aliphatic carbocycles. The van der Waals surface area contributed by atoms with E-state index >= 15 is 0 Å². The number of para-hydroxylation sites is 1. The van der Waals surface area contributed by atoms with E-state index in [4.69, 9.17) is 9.47 Å². The lowest BCUT2D eigenvalue weighted by Crippen LogP contribution is -2.31. The van der Waals surface area contributed by atoms with Crippen LogP contribution in [0.3, 0.4) is 0 Å². The highest BCUT2D eigenvalue weighted by Crippen LogP contribution is 2.42. The number of phenols is 1. The fraction of sp³-hybridized carbons (Fsp3) is 0.200. The van der Waals surface area contributed by atoms with Gasteiger partial charge in [-0.25, -0.2) is 0 Å². The molecule has 8 heteroatoms. The molecule has 1 aromatic heterocycles. The van der Waals surface area contributed by atoms with Gasteiger partial charge in [0, 0.05) is 29.2 Å². The number of aromatic hydroxyl groups is 1. The summed E-state index contributed by atoms with van der Waals surface area (Å²) in [6.45, 7) is 2.60. The SMILES string of the molecule is CCOc1ccc(C(O)=C2C(=O)C(=O)N(CCc3c[nH]c4ccccc34)[C@@H]2c2ccc(O)c(OC)c2)cc1. The number of amides is 1. The normalized spacial score (nSPS) is 16.8. The van der Waals surface area contributed by atoms with Gasteiger partial charge in [0.2, 0.25) is 0 Å². The predicted octanol–water partition coefficient (Wildman–Crippen LogP) is 4.95. The molecule has 0 radical (unpaired) electrons. The third-order valence-corrected chi connectivity index (χ3v) is 6.80. The zero-order valence-corrected chi connectivity index (χ0v) is 21.1. The lowest BCUT2D eigenvalue weighted by molar-refractivity contribution is -0.139. The smallest absolute Gasteiger partial charge is 0.295 e. The summed E-state index contributed by atoms with van der Waals surface area (Å²) in [4.78, 5) is 31.4. The Morgan fingerprint density at radius 3 is 2.55 bits per heavy atom. The van der Waals surface area contributed by atoms with Crippen molar-refractivity contribution in [1.29, 1.82) is 0 Å². The first-order valence-electron chi connectivity index (χ1n) is 12.4. The zero-order valence-electron chi connectivity index (χ0n) is 21.1. The second-order valence-corrected chi connectivity index (χ2v) is 8.99. The van der Waals surface area contributed by atoms with Crippen LogP contribution in [-0.4, -0.2) is 52.0 Å². The Bertz CT molecular complexity index is 1540. The van der Waals surface area contributed by atoms with Crippen LogP contribution in [0.15, 0.2) is 78.5 Å². The molecule has 1 aliphatic heterocycles. The van der Waals surface area contributed by atoms with Crippen molar-refractivity contribution in [3.63, 3.8) is 0 Å². The second-order valence-electron chi connectivity index (χ2n) is 8.99. The monoisotopic (exact) mass is 512 g/mol. The van der Waals surface area contributed by atoms with Crippen LogP contribution >= 0.6 is 0 Å². The average molecular weight is 513 g/mol. The molecule has 1 atom stereocenters. The van der Waals surface area contributed by atoms with E-state index in [9.17, 15) is 19.8 Å². The first-order chi connectivity index (χ1) is 18.4. The zero-order chi connectivity index (χ0) is 26.8. The van der Waals surface area contributed by atoms with Crippen molar-refractivity contribution in [3.8, 4) is 17.2 Å². The third kappa shape index (κ3) is 4.45. The van der Waals surface area contributed by atoms with E-state index < -0.39 is 17.7 Å². The standard InChI is InChI=1S/C30H28N2O6/c1-3-38-21-11-8-18(9-12-21)28(34)26-27(19-10-13-24(33)25(16-19)37-2)32(30(36)29(26)35)15-14-20-17-31-23-7-5-4-6-22(20)23/h4-13,16-17,27,31,33-34H,3,14-15H2,1-2H3/t27-/m1/s1. The number of aromatic nitrogens is 1. The number of hydrogen-bond donors (Lipinski definition) is 3. The summed E-state index contributed by atoms with van der Waals surface area (Å²) in [6, 6.07) is 18.3. The van der Waals surface area contributed by atoms with E-state index in [1.54, 1.807) is 36.4 Å². The lowest BCUT2D eigenvalue weighted by Gasteiger charge is -2.25. The molecule has 3 N–H and O–H groups in total. The maximum absolute atomic E-state index is 13.4. The molecule has 0 bridgehead atoms. The number of aliphatic hydroxyl groups is 1. The fourth-order valence-corrected chi connectivity index (χ4v) is 4.93. The van der Waals surface area contributed by atoms with Crippen LogP contribution < -0.4 is 9.47 Å². The number of aliphatic hydroxyl groups excluding tert-OH is 1. The Morgan fingerprint density at radius 2 is 1.82 bits per heavy atom. The summed E-state index contributed by atoms with van der Waals surface area (Å²) >= 11 is 0. The molecule has 1 fully saturated rings. The number of likely N-dealkylation sites (tertiary alicyclic amines) is 1. The highest BCUT2D eigenvalue weighted by Gasteiger charge is 2.46. The number of hydrogen-bond acceptors (Lipinski definition) is 6. The van der Waals surface area contributed by atoms with Crippen molar-refractivity contribution >= 4 is 28.4 Å². The number of methoxy groups -OCH3 is 1. The van der Waals surface area contributed by atoms with Crippen LogP contribution in [0.2, 0.25) is 0 Å².